The van der Waals surface area contributed by atoms with Crippen LogP contribution in [-0.4, -0.2) is 31.5 Å². The highest BCUT2D eigenvalue weighted by Crippen LogP contribution is 2.36. The maximum atomic E-state index is 12.2. The molecule has 0 unspecified atom stereocenters. The number of alkyl halides is 4. The third-order valence-electron chi connectivity index (χ3n) is 2.29. The Morgan fingerprint density at radius 1 is 1.40 bits per heavy atom. The highest BCUT2D eigenvalue weighted by atomic mass is 35.5. The molecule has 1 rings (SSSR count). The third kappa shape index (κ3) is 4.16. The zero-order valence-electron chi connectivity index (χ0n) is 10.6. The standard InChI is InChI=1S/C11H11ClF3NO4/c1-18-9(17)3-7-6(4-12)10(19-2)8(5-16-7)20-11(13,14)15/h5H,3-4H2,1-2H3. The van der Waals surface area contributed by atoms with Gasteiger partial charge in [0.25, 0.3) is 0 Å². The van der Waals surface area contributed by atoms with Crippen LogP contribution < -0.4 is 9.47 Å². The fraction of sp³-hybridized carbons (Fsp3) is 0.455. The lowest BCUT2D eigenvalue weighted by Crippen LogP contribution is -2.19. The van der Waals surface area contributed by atoms with Crippen LogP contribution >= 0.6 is 11.6 Å². The fourth-order valence-corrected chi connectivity index (χ4v) is 1.75. The number of rotatable bonds is 5. The number of carbonyl (C=O) groups is 1. The van der Waals surface area contributed by atoms with Crippen molar-refractivity contribution in [2.75, 3.05) is 14.2 Å². The number of hydrogen-bond acceptors (Lipinski definition) is 5. The number of esters is 1. The lowest BCUT2D eigenvalue weighted by atomic mass is 10.1. The quantitative estimate of drug-likeness (QED) is 0.617. The predicted molar refractivity (Wildman–Crippen MR) is 62.7 cm³/mol. The molecule has 20 heavy (non-hydrogen) atoms. The lowest BCUT2D eigenvalue weighted by Gasteiger charge is -2.16. The van der Waals surface area contributed by atoms with Crippen LogP contribution in [0.3, 0.4) is 0 Å². The van der Waals surface area contributed by atoms with Crippen LogP contribution in [0.1, 0.15) is 11.3 Å². The van der Waals surface area contributed by atoms with E-state index in [1.165, 1.54) is 7.11 Å². The van der Waals surface area contributed by atoms with Gasteiger partial charge in [-0.3, -0.25) is 9.78 Å². The van der Waals surface area contributed by atoms with Crippen molar-refractivity contribution in [1.29, 1.82) is 0 Å². The summed E-state index contributed by atoms with van der Waals surface area (Å²) in [6, 6.07) is 0. The summed E-state index contributed by atoms with van der Waals surface area (Å²) in [7, 11) is 2.34. The summed E-state index contributed by atoms with van der Waals surface area (Å²) in [5.41, 5.74) is 0.305. The zero-order valence-corrected chi connectivity index (χ0v) is 11.3. The molecule has 0 aliphatic rings. The molecule has 0 saturated carbocycles. The molecule has 0 amide bonds. The number of pyridine rings is 1. The maximum Gasteiger partial charge on any atom is 0.573 e. The highest BCUT2D eigenvalue weighted by molar-refractivity contribution is 6.17. The van der Waals surface area contributed by atoms with Gasteiger partial charge in [0.2, 0.25) is 0 Å². The molecule has 1 aromatic rings. The average molecular weight is 314 g/mol. The lowest BCUT2D eigenvalue weighted by molar-refractivity contribution is -0.275. The molecule has 0 aliphatic heterocycles. The van der Waals surface area contributed by atoms with Crippen molar-refractivity contribution < 1.29 is 32.2 Å². The Morgan fingerprint density at radius 3 is 2.50 bits per heavy atom. The number of halogens is 4. The number of ether oxygens (including phenoxy) is 3. The van der Waals surface area contributed by atoms with Crippen LogP contribution in [0.25, 0.3) is 0 Å². The number of nitrogens with zero attached hydrogens (tertiary/aromatic N) is 1. The van der Waals surface area contributed by atoms with Crippen LogP contribution in [0.15, 0.2) is 6.20 Å². The van der Waals surface area contributed by atoms with Gasteiger partial charge in [-0.05, 0) is 0 Å². The molecule has 0 spiro atoms. The minimum Gasteiger partial charge on any atom is -0.492 e. The molecule has 0 radical (unpaired) electrons. The Morgan fingerprint density at radius 2 is 2.05 bits per heavy atom. The maximum absolute atomic E-state index is 12.2. The summed E-state index contributed by atoms with van der Waals surface area (Å²) in [6.07, 6.45) is -4.30. The van der Waals surface area contributed by atoms with Gasteiger partial charge >= 0.3 is 12.3 Å². The van der Waals surface area contributed by atoms with Crippen LogP contribution in [0.4, 0.5) is 13.2 Å². The van der Waals surface area contributed by atoms with E-state index in [2.05, 4.69) is 14.5 Å². The van der Waals surface area contributed by atoms with E-state index in [-0.39, 0.29) is 29.3 Å². The minimum atomic E-state index is -4.89. The summed E-state index contributed by atoms with van der Waals surface area (Å²) in [6.45, 7) is 0. The van der Waals surface area contributed by atoms with Crippen molar-refractivity contribution in [1.82, 2.24) is 4.98 Å². The first kappa shape index (κ1) is 16.4. The molecule has 9 heteroatoms. The largest absolute Gasteiger partial charge is 0.573 e. The third-order valence-corrected chi connectivity index (χ3v) is 2.55. The van der Waals surface area contributed by atoms with E-state index in [4.69, 9.17) is 16.3 Å². The molecule has 0 aliphatic carbocycles. The first-order valence-electron chi connectivity index (χ1n) is 5.25. The Kier molecular flexibility index (Phi) is 5.43. The summed E-state index contributed by atoms with van der Waals surface area (Å²) in [5.74, 6) is -1.64. The molecule has 1 aromatic heterocycles. The molecule has 0 saturated heterocycles. The van der Waals surface area contributed by atoms with Gasteiger partial charge < -0.3 is 14.2 Å². The molecule has 112 valence electrons. The molecule has 1 heterocycles. The van der Waals surface area contributed by atoms with Crippen LogP contribution in [-0.2, 0) is 21.8 Å². The molecule has 0 bridgehead atoms. The SMILES string of the molecule is COC(=O)Cc1ncc(OC(F)(F)F)c(OC)c1CCl. The first-order valence-corrected chi connectivity index (χ1v) is 5.79. The summed E-state index contributed by atoms with van der Waals surface area (Å²) in [4.78, 5) is 14.9. The van der Waals surface area contributed by atoms with Crippen molar-refractivity contribution in [3.8, 4) is 11.5 Å². The van der Waals surface area contributed by atoms with Gasteiger partial charge in [-0.2, -0.15) is 0 Å². The van der Waals surface area contributed by atoms with E-state index in [9.17, 15) is 18.0 Å². The molecule has 0 fully saturated rings. The second-order valence-electron chi connectivity index (χ2n) is 3.52. The fourth-order valence-electron chi connectivity index (χ4n) is 1.47. The van der Waals surface area contributed by atoms with Crippen molar-refractivity contribution in [3.63, 3.8) is 0 Å². The van der Waals surface area contributed by atoms with Gasteiger partial charge in [0.05, 0.1) is 38.4 Å². The van der Waals surface area contributed by atoms with Crippen LogP contribution in [0.2, 0.25) is 0 Å². The zero-order chi connectivity index (χ0) is 15.3. The van der Waals surface area contributed by atoms with Crippen LogP contribution in [0, 0.1) is 0 Å². The van der Waals surface area contributed by atoms with E-state index in [1.54, 1.807) is 0 Å². The molecule has 0 aromatic carbocycles. The molecular formula is C11H11ClF3NO4. The van der Waals surface area contributed by atoms with Crippen molar-refractivity contribution in [2.24, 2.45) is 0 Å². The van der Waals surface area contributed by atoms with Gasteiger partial charge in [-0.15, -0.1) is 24.8 Å². The summed E-state index contributed by atoms with van der Waals surface area (Å²) < 4.78 is 49.9. The van der Waals surface area contributed by atoms with Crippen molar-refractivity contribution in [2.45, 2.75) is 18.7 Å². The Hall–Kier alpha value is -1.70. The average Bonchev–Trinajstić information content (AvgIpc) is 2.37. The van der Waals surface area contributed by atoms with Gasteiger partial charge in [0.15, 0.2) is 11.5 Å². The Labute approximate surface area is 117 Å². The van der Waals surface area contributed by atoms with Gasteiger partial charge in [-0.1, -0.05) is 0 Å². The van der Waals surface area contributed by atoms with Crippen molar-refractivity contribution in [3.05, 3.63) is 17.5 Å². The number of carbonyl (C=O) groups excluding carboxylic acids is 1. The van der Waals surface area contributed by atoms with E-state index >= 15 is 0 Å². The second kappa shape index (κ2) is 6.65. The number of hydrogen-bond donors (Lipinski definition) is 0. The molecular weight excluding hydrogens is 303 g/mol. The normalized spacial score (nSPS) is 11.1. The monoisotopic (exact) mass is 313 g/mol. The predicted octanol–water partition coefficient (Wildman–Crippen LogP) is 2.44. The van der Waals surface area contributed by atoms with Gasteiger partial charge in [0, 0.05) is 5.56 Å². The minimum absolute atomic E-state index is 0.140. The van der Waals surface area contributed by atoms with E-state index < -0.39 is 18.1 Å². The summed E-state index contributed by atoms with van der Waals surface area (Å²) >= 11 is 5.68. The summed E-state index contributed by atoms with van der Waals surface area (Å²) in [5, 5.41) is 0. The van der Waals surface area contributed by atoms with Crippen molar-refractivity contribution >= 4 is 17.6 Å². The van der Waals surface area contributed by atoms with E-state index in [0.717, 1.165) is 13.3 Å². The number of methoxy groups -OCH3 is 2. The van der Waals surface area contributed by atoms with E-state index in [0.29, 0.717) is 0 Å². The molecule has 0 atom stereocenters. The van der Waals surface area contributed by atoms with E-state index in [1.807, 2.05) is 0 Å². The molecule has 5 nitrogen and oxygen atoms in total. The molecule has 0 N–H and O–H groups in total. The smallest absolute Gasteiger partial charge is 0.492 e. The Bertz CT molecular complexity index is 493. The second-order valence-corrected chi connectivity index (χ2v) is 3.78. The van der Waals surface area contributed by atoms with Gasteiger partial charge in [-0.25, -0.2) is 0 Å². The topological polar surface area (TPSA) is 57.7 Å². The Balaban J connectivity index is 3.22. The highest BCUT2D eigenvalue weighted by Gasteiger charge is 2.33. The van der Waals surface area contributed by atoms with Crippen LogP contribution in [0.5, 0.6) is 11.5 Å². The first-order chi connectivity index (χ1) is 9.32. The van der Waals surface area contributed by atoms with Gasteiger partial charge in [0.1, 0.15) is 0 Å². The number of aromatic nitrogens is 1.